The van der Waals surface area contributed by atoms with Gasteiger partial charge >= 0.3 is 0 Å². The Kier molecular flexibility index (Phi) is 3.78. The van der Waals surface area contributed by atoms with Gasteiger partial charge in [-0.15, -0.1) is 11.3 Å². The van der Waals surface area contributed by atoms with Crippen molar-refractivity contribution in [2.24, 2.45) is 10.9 Å². The SMILES string of the molecule is NC(=NO)c1c(F)cccc1OCc1cccs1. The molecule has 0 radical (unpaired) electrons. The highest BCUT2D eigenvalue weighted by Gasteiger charge is 2.14. The third-order valence-corrected chi connectivity index (χ3v) is 3.14. The highest BCUT2D eigenvalue weighted by molar-refractivity contribution is 7.09. The maximum absolute atomic E-state index is 13.6. The molecule has 0 spiro atoms. The number of nitrogens with two attached hydrogens (primary N) is 1. The van der Waals surface area contributed by atoms with E-state index in [9.17, 15) is 4.39 Å². The molecule has 0 amide bonds. The summed E-state index contributed by atoms with van der Waals surface area (Å²) in [6.45, 7) is 0.312. The summed E-state index contributed by atoms with van der Waals surface area (Å²) in [5.41, 5.74) is 5.40. The molecular formula is C12H11FN2O2S. The molecule has 1 heterocycles. The van der Waals surface area contributed by atoms with Crippen molar-refractivity contribution < 1.29 is 14.3 Å². The molecule has 0 fully saturated rings. The van der Waals surface area contributed by atoms with Crippen LogP contribution in [-0.4, -0.2) is 11.0 Å². The Bertz CT molecular complexity index is 555. The predicted octanol–water partition coefficient (Wildman–Crippen LogP) is 2.56. The number of nitrogens with zero attached hydrogens (tertiary/aromatic N) is 1. The van der Waals surface area contributed by atoms with Gasteiger partial charge in [-0.25, -0.2) is 4.39 Å². The molecule has 0 atom stereocenters. The lowest BCUT2D eigenvalue weighted by molar-refractivity contribution is 0.304. The van der Waals surface area contributed by atoms with E-state index in [1.165, 1.54) is 23.5 Å². The van der Waals surface area contributed by atoms with E-state index in [1.54, 1.807) is 6.07 Å². The van der Waals surface area contributed by atoms with Crippen molar-refractivity contribution in [2.45, 2.75) is 6.61 Å². The number of hydrogen-bond donors (Lipinski definition) is 2. The quantitative estimate of drug-likeness (QED) is 0.387. The van der Waals surface area contributed by atoms with Crippen LogP contribution in [0.15, 0.2) is 40.9 Å². The van der Waals surface area contributed by atoms with E-state index in [2.05, 4.69) is 5.16 Å². The summed E-state index contributed by atoms with van der Waals surface area (Å²) in [6, 6.07) is 8.12. The topological polar surface area (TPSA) is 67.8 Å². The summed E-state index contributed by atoms with van der Waals surface area (Å²) < 4.78 is 19.1. The molecular weight excluding hydrogens is 255 g/mol. The van der Waals surface area contributed by atoms with Gasteiger partial charge in [-0.05, 0) is 23.6 Å². The predicted molar refractivity (Wildman–Crippen MR) is 67.6 cm³/mol. The number of benzene rings is 1. The molecule has 0 aliphatic rings. The van der Waals surface area contributed by atoms with Crippen molar-refractivity contribution in [2.75, 3.05) is 0 Å². The fourth-order valence-electron chi connectivity index (χ4n) is 1.47. The molecule has 0 unspecified atom stereocenters. The largest absolute Gasteiger partial charge is 0.487 e. The van der Waals surface area contributed by atoms with Crippen LogP contribution in [0.5, 0.6) is 5.75 Å². The van der Waals surface area contributed by atoms with Gasteiger partial charge in [-0.2, -0.15) is 0 Å². The summed E-state index contributed by atoms with van der Waals surface area (Å²) in [6.07, 6.45) is 0. The van der Waals surface area contributed by atoms with E-state index in [-0.39, 0.29) is 17.1 Å². The molecule has 0 bridgehead atoms. The number of hydrogen-bond acceptors (Lipinski definition) is 4. The Balaban J connectivity index is 2.24. The van der Waals surface area contributed by atoms with Crippen molar-refractivity contribution in [1.29, 1.82) is 0 Å². The third-order valence-electron chi connectivity index (χ3n) is 2.29. The fourth-order valence-corrected chi connectivity index (χ4v) is 2.08. The first-order valence-corrected chi connectivity index (χ1v) is 6.02. The smallest absolute Gasteiger partial charge is 0.176 e. The Labute approximate surface area is 107 Å². The van der Waals surface area contributed by atoms with Crippen molar-refractivity contribution in [3.05, 3.63) is 52.0 Å². The van der Waals surface area contributed by atoms with E-state index >= 15 is 0 Å². The van der Waals surface area contributed by atoms with Crippen LogP contribution in [0.4, 0.5) is 4.39 Å². The zero-order chi connectivity index (χ0) is 13.0. The maximum Gasteiger partial charge on any atom is 0.176 e. The highest BCUT2D eigenvalue weighted by atomic mass is 32.1. The summed E-state index contributed by atoms with van der Waals surface area (Å²) >= 11 is 1.54. The Morgan fingerprint density at radius 1 is 1.39 bits per heavy atom. The van der Waals surface area contributed by atoms with Crippen molar-refractivity contribution in [1.82, 2.24) is 0 Å². The first kappa shape index (κ1) is 12.4. The van der Waals surface area contributed by atoms with E-state index in [0.717, 1.165) is 4.88 Å². The zero-order valence-corrected chi connectivity index (χ0v) is 10.2. The molecule has 4 nitrogen and oxygen atoms in total. The summed E-state index contributed by atoms with van der Waals surface area (Å²) in [5.74, 6) is -0.651. The van der Waals surface area contributed by atoms with Gasteiger partial charge < -0.3 is 15.7 Å². The lowest BCUT2D eigenvalue weighted by atomic mass is 10.1. The summed E-state index contributed by atoms with van der Waals surface area (Å²) in [7, 11) is 0. The van der Waals surface area contributed by atoms with Crippen LogP contribution in [-0.2, 0) is 6.61 Å². The summed E-state index contributed by atoms with van der Waals surface area (Å²) in [4.78, 5) is 1.00. The molecule has 0 aliphatic heterocycles. The minimum Gasteiger partial charge on any atom is -0.487 e. The number of rotatable bonds is 4. The van der Waals surface area contributed by atoms with Gasteiger partial charge in [0.15, 0.2) is 5.84 Å². The number of halogens is 1. The second kappa shape index (κ2) is 5.50. The first-order chi connectivity index (χ1) is 8.72. The van der Waals surface area contributed by atoms with Crippen LogP contribution < -0.4 is 10.5 Å². The number of thiophene rings is 1. The number of amidine groups is 1. The average Bonchev–Trinajstić information content (AvgIpc) is 2.88. The maximum atomic E-state index is 13.6. The Hall–Kier alpha value is -2.08. The molecule has 1 aromatic heterocycles. The monoisotopic (exact) mass is 266 g/mol. The van der Waals surface area contributed by atoms with Crippen molar-refractivity contribution in [3.8, 4) is 5.75 Å². The fraction of sp³-hybridized carbons (Fsp3) is 0.0833. The van der Waals surface area contributed by atoms with Crippen LogP contribution in [0.3, 0.4) is 0 Å². The molecule has 18 heavy (non-hydrogen) atoms. The lowest BCUT2D eigenvalue weighted by Gasteiger charge is -2.10. The normalized spacial score (nSPS) is 11.5. The van der Waals surface area contributed by atoms with E-state index in [1.807, 2.05) is 17.5 Å². The first-order valence-electron chi connectivity index (χ1n) is 5.14. The number of oxime groups is 1. The minimum absolute atomic E-state index is 0.0310. The Morgan fingerprint density at radius 3 is 2.89 bits per heavy atom. The lowest BCUT2D eigenvalue weighted by Crippen LogP contribution is -2.16. The summed E-state index contributed by atoms with van der Waals surface area (Å²) in [5, 5.41) is 13.4. The van der Waals surface area contributed by atoms with Crippen LogP contribution >= 0.6 is 11.3 Å². The molecule has 3 N–H and O–H groups in total. The van der Waals surface area contributed by atoms with Crippen LogP contribution in [0.2, 0.25) is 0 Å². The number of ether oxygens (including phenoxy) is 1. The standard InChI is InChI=1S/C12H11FN2O2S/c13-9-4-1-5-10(11(9)12(14)15-16)17-7-8-3-2-6-18-8/h1-6,16H,7H2,(H2,14,15). The van der Waals surface area contributed by atoms with Crippen molar-refractivity contribution in [3.63, 3.8) is 0 Å². The molecule has 0 saturated heterocycles. The zero-order valence-electron chi connectivity index (χ0n) is 9.34. The van der Waals surface area contributed by atoms with Gasteiger partial charge in [0.2, 0.25) is 0 Å². The second-order valence-corrected chi connectivity index (χ2v) is 4.50. The molecule has 0 saturated carbocycles. The van der Waals surface area contributed by atoms with E-state index in [4.69, 9.17) is 15.7 Å². The van der Waals surface area contributed by atoms with E-state index in [0.29, 0.717) is 6.61 Å². The third kappa shape index (κ3) is 2.60. The van der Waals surface area contributed by atoms with Gasteiger partial charge in [-0.1, -0.05) is 17.3 Å². The Morgan fingerprint density at radius 2 is 2.22 bits per heavy atom. The molecule has 2 aromatic rings. The van der Waals surface area contributed by atoms with Gasteiger partial charge in [0.05, 0.1) is 5.56 Å². The van der Waals surface area contributed by atoms with Crippen LogP contribution in [0, 0.1) is 5.82 Å². The second-order valence-electron chi connectivity index (χ2n) is 3.47. The van der Waals surface area contributed by atoms with Crippen LogP contribution in [0.25, 0.3) is 0 Å². The average molecular weight is 266 g/mol. The molecule has 0 aliphatic carbocycles. The minimum atomic E-state index is -0.589. The van der Waals surface area contributed by atoms with E-state index < -0.39 is 5.82 Å². The van der Waals surface area contributed by atoms with Gasteiger partial charge in [0.1, 0.15) is 18.2 Å². The molecule has 6 heteroatoms. The molecule has 1 aromatic carbocycles. The van der Waals surface area contributed by atoms with Gasteiger partial charge in [-0.3, -0.25) is 0 Å². The van der Waals surface area contributed by atoms with Gasteiger partial charge in [0.25, 0.3) is 0 Å². The molecule has 2 rings (SSSR count). The molecule has 94 valence electrons. The van der Waals surface area contributed by atoms with Gasteiger partial charge in [0, 0.05) is 4.88 Å². The van der Waals surface area contributed by atoms with Crippen LogP contribution in [0.1, 0.15) is 10.4 Å². The highest BCUT2D eigenvalue weighted by Crippen LogP contribution is 2.23. The van der Waals surface area contributed by atoms with Crippen molar-refractivity contribution >= 4 is 17.2 Å².